The molecule has 0 spiro atoms. The minimum atomic E-state index is -1.19. The van der Waals surface area contributed by atoms with Crippen LogP contribution in [-0.2, 0) is 4.79 Å². The third-order valence-corrected chi connectivity index (χ3v) is 6.48. The van der Waals surface area contributed by atoms with E-state index < -0.39 is 29.3 Å². The fraction of sp³-hybridized carbons (Fsp3) is 0.143. The molecule has 0 bridgehead atoms. The molecule has 8 nitrogen and oxygen atoms in total. The molecular formula is C28H21ClFNO7. The number of hydrogen-bond donors (Lipinski definition) is 1. The second-order valence-corrected chi connectivity index (χ2v) is 8.84. The van der Waals surface area contributed by atoms with Gasteiger partial charge in [-0.1, -0.05) is 17.7 Å². The van der Waals surface area contributed by atoms with Crippen LogP contribution in [0.15, 0.2) is 76.4 Å². The monoisotopic (exact) mass is 537 g/mol. The lowest BCUT2D eigenvalue weighted by atomic mass is 9.94. The standard InChI is InChI=1S/C28H21ClFNO7/c1-35-21-11-15(12-22(36-2)27(21)37-3)24-23(25(32)20-10-14-9-16(29)7-8-19(14)38-20)26(33)28(34)31(24)18-6-4-5-17(30)13-18/h4-13,24,33H,1-3H3. The predicted octanol–water partition coefficient (Wildman–Crippen LogP) is 6.03. The lowest BCUT2D eigenvalue weighted by Gasteiger charge is -2.27. The van der Waals surface area contributed by atoms with Crippen molar-refractivity contribution in [3.05, 3.63) is 94.2 Å². The first kappa shape index (κ1) is 25.2. The van der Waals surface area contributed by atoms with Crippen LogP contribution in [0, 0.1) is 5.82 Å². The van der Waals surface area contributed by atoms with Crippen molar-refractivity contribution in [3.8, 4) is 17.2 Å². The van der Waals surface area contributed by atoms with Crippen molar-refractivity contribution in [1.82, 2.24) is 0 Å². The number of benzene rings is 3. The number of halogens is 2. The maximum Gasteiger partial charge on any atom is 0.294 e. The van der Waals surface area contributed by atoms with Gasteiger partial charge in [-0.25, -0.2) is 4.39 Å². The van der Waals surface area contributed by atoms with E-state index in [9.17, 15) is 19.1 Å². The fourth-order valence-corrected chi connectivity index (χ4v) is 4.74. The number of aliphatic hydroxyl groups is 1. The van der Waals surface area contributed by atoms with E-state index in [1.165, 1.54) is 45.6 Å². The smallest absolute Gasteiger partial charge is 0.294 e. The molecule has 5 rings (SSSR count). The Morgan fingerprint density at radius 2 is 1.71 bits per heavy atom. The van der Waals surface area contributed by atoms with E-state index in [0.717, 1.165) is 11.0 Å². The zero-order valence-electron chi connectivity index (χ0n) is 20.5. The Labute approximate surface area is 221 Å². The Balaban J connectivity index is 1.72. The highest BCUT2D eigenvalue weighted by Crippen LogP contribution is 2.47. The van der Waals surface area contributed by atoms with Crippen molar-refractivity contribution < 1.29 is 37.7 Å². The normalized spacial score (nSPS) is 15.3. The molecule has 1 N–H and O–H groups in total. The molecular weight excluding hydrogens is 517 g/mol. The second kappa shape index (κ2) is 9.75. The fourth-order valence-electron chi connectivity index (χ4n) is 4.56. The number of hydrogen-bond acceptors (Lipinski definition) is 7. The Kier molecular flexibility index (Phi) is 6.46. The van der Waals surface area contributed by atoms with E-state index in [1.54, 1.807) is 30.3 Å². The van der Waals surface area contributed by atoms with E-state index in [4.69, 9.17) is 30.2 Å². The van der Waals surface area contributed by atoms with Crippen molar-refractivity contribution in [2.75, 3.05) is 26.2 Å². The minimum absolute atomic E-state index is 0.116. The predicted molar refractivity (Wildman–Crippen MR) is 138 cm³/mol. The van der Waals surface area contributed by atoms with Gasteiger partial charge in [0.05, 0.1) is 32.9 Å². The molecule has 4 aromatic rings. The van der Waals surface area contributed by atoms with E-state index in [0.29, 0.717) is 21.6 Å². The number of carbonyl (C=O) groups excluding carboxylic acids is 2. The number of ether oxygens (including phenoxy) is 3. The van der Waals surface area contributed by atoms with Gasteiger partial charge in [-0.05, 0) is 60.2 Å². The number of methoxy groups -OCH3 is 3. The molecule has 1 aliphatic rings. The van der Waals surface area contributed by atoms with Gasteiger partial charge in [-0.3, -0.25) is 14.5 Å². The molecule has 3 aromatic carbocycles. The molecule has 0 radical (unpaired) electrons. The number of amides is 1. The van der Waals surface area contributed by atoms with Crippen LogP contribution in [0.25, 0.3) is 11.0 Å². The highest BCUT2D eigenvalue weighted by Gasteiger charge is 2.46. The molecule has 2 heterocycles. The van der Waals surface area contributed by atoms with E-state index in [1.807, 2.05) is 0 Å². The quantitative estimate of drug-likeness (QED) is 0.287. The molecule has 0 saturated heterocycles. The first-order valence-electron chi connectivity index (χ1n) is 11.3. The summed E-state index contributed by atoms with van der Waals surface area (Å²) in [5.74, 6) is -2.34. The van der Waals surface area contributed by atoms with Crippen LogP contribution in [0.3, 0.4) is 0 Å². The summed E-state index contributed by atoms with van der Waals surface area (Å²) >= 11 is 6.07. The first-order chi connectivity index (χ1) is 18.3. The maximum absolute atomic E-state index is 14.2. The van der Waals surface area contributed by atoms with Crippen LogP contribution < -0.4 is 19.1 Å². The third kappa shape index (κ3) is 4.10. The Bertz CT molecular complexity index is 1600. The van der Waals surface area contributed by atoms with Gasteiger partial charge in [-0.2, -0.15) is 0 Å². The largest absolute Gasteiger partial charge is 0.503 e. The highest BCUT2D eigenvalue weighted by molar-refractivity contribution is 6.31. The van der Waals surface area contributed by atoms with Gasteiger partial charge in [0, 0.05) is 16.1 Å². The van der Waals surface area contributed by atoms with Crippen LogP contribution in [0.4, 0.5) is 10.1 Å². The lowest BCUT2D eigenvalue weighted by molar-refractivity contribution is -0.117. The van der Waals surface area contributed by atoms with Gasteiger partial charge in [0.15, 0.2) is 23.0 Å². The summed E-state index contributed by atoms with van der Waals surface area (Å²) < 4.78 is 36.3. The first-order valence-corrected chi connectivity index (χ1v) is 11.7. The average Bonchev–Trinajstić information content (AvgIpc) is 3.45. The number of nitrogens with zero attached hydrogens (tertiary/aromatic N) is 1. The SMILES string of the molecule is COc1cc(C2C(C(=O)c3cc4cc(Cl)ccc4o3)=C(O)C(=O)N2c2cccc(F)c2)cc(OC)c1OC. The van der Waals surface area contributed by atoms with Gasteiger partial charge < -0.3 is 23.7 Å². The van der Waals surface area contributed by atoms with Crippen LogP contribution in [0.5, 0.6) is 17.2 Å². The second-order valence-electron chi connectivity index (χ2n) is 8.40. The number of rotatable bonds is 7. The average molecular weight is 538 g/mol. The topological polar surface area (TPSA) is 98.4 Å². The minimum Gasteiger partial charge on any atom is -0.503 e. The van der Waals surface area contributed by atoms with Gasteiger partial charge >= 0.3 is 0 Å². The third-order valence-electron chi connectivity index (χ3n) is 6.24. The summed E-state index contributed by atoms with van der Waals surface area (Å²) in [6.45, 7) is 0. The van der Waals surface area contributed by atoms with Crippen molar-refractivity contribution in [1.29, 1.82) is 0 Å². The maximum atomic E-state index is 14.2. The number of Topliss-reactive ketones (excluding diaryl/α,β-unsaturated/α-hetero) is 1. The molecule has 0 saturated carbocycles. The van der Waals surface area contributed by atoms with Crippen molar-refractivity contribution in [2.24, 2.45) is 0 Å². The summed E-state index contributed by atoms with van der Waals surface area (Å²) in [4.78, 5) is 28.4. The zero-order chi connectivity index (χ0) is 27.1. The number of aliphatic hydroxyl groups excluding tert-OH is 1. The summed E-state index contributed by atoms with van der Waals surface area (Å²) in [6.07, 6.45) is 0. The Morgan fingerprint density at radius 3 is 2.34 bits per heavy atom. The molecule has 0 fully saturated rings. The van der Waals surface area contributed by atoms with Gasteiger partial charge in [-0.15, -0.1) is 0 Å². The molecule has 194 valence electrons. The summed E-state index contributed by atoms with van der Waals surface area (Å²) in [5.41, 5.74) is 0.593. The molecule has 1 aromatic heterocycles. The molecule has 1 atom stereocenters. The number of furan rings is 1. The number of carbonyl (C=O) groups is 2. The van der Waals surface area contributed by atoms with Crippen molar-refractivity contribution in [3.63, 3.8) is 0 Å². The molecule has 1 aliphatic heterocycles. The van der Waals surface area contributed by atoms with Gasteiger partial charge in [0.2, 0.25) is 11.5 Å². The van der Waals surface area contributed by atoms with Crippen LogP contribution in [-0.4, -0.2) is 38.1 Å². The van der Waals surface area contributed by atoms with Gasteiger partial charge in [0.1, 0.15) is 11.4 Å². The van der Waals surface area contributed by atoms with E-state index in [-0.39, 0.29) is 34.3 Å². The van der Waals surface area contributed by atoms with Crippen LogP contribution in [0.2, 0.25) is 5.02 Å². The Morgan fingerprint density at radius 1 is 1.00 bits per heavy atom. The highest BCUT2D eigenvalue weighted by atomic mass is 35.5. The van der Waals surface area contributed by atoms with Crippen LogP contribution >= 0.6 is 11.6 Å². The van der Waals surface area contributed by atoms with Crippen molar-refractivity contribution >= 4 is 39.9 Å². The zero-order valence-corrected chi connectivity index (χ0v) is 21.2. The van der Waals surface area contributed by atoms with Gasteiger partial charge in [0.25, 0.3) is 5.91 Å². The lowest BCUT2D eigenvalue weighted by Crippen LogP contribution is -2.31. The molecule has 0 aliphatic carbocycles. The Hall–Kier alpha value is -4.50. The number of fused-ring (bicyclic) bond motifs is 1. The molecule has 1 unspecified atom stereocenters. The van der Waals surface area contributed by atoms with E-state index in [2.05, 4.69) is 0 Å². The molecule has 1 amide bonds. The summed E-state index contributed by atoms with van der Waals surface area (Å²) in [6, 6.07) is 13.5. The number of ketones is 1. The van der Waals surface area contributed by atoms with Crippen LogP contribution in [0.1, 0.15) is 22.2 Å². The van der Waals surface area contributed by atoms with Crippen molar-refractivity contribution in [2.45, 2.75) is 6.04 Å². The summed E-state index contributed by atoms with van der Waals surface area (Å²) in [5, 5.41) is 12.0. The molecule has 10 heteroatoms. The summed E-state index contributed by atoms with van der Waals surface area (Å²) in [7, 11) is 4.28. The molecule has 38 heavy (non-hydrogen) atoms. The van der Waals surface area contributed by atoms with E-state index >= 15 is 0 Å². The number of anilines is 1.